The van der Waals surface area contributed by atoms with Crippen molar-refractivity contribution in [1.82, 2.24) is 5.32 Å². The zero-order valence-corrected chi connectivity index (χ0v) is 8.82. The minimum Gasteiger partial charge on any atom is -0.309 e. The summed E-state index contributed by atoms with van der Waals surface area (Å²) in [5.74, 6) is 0. The Kier molecular flexibility index (Phi) is 3.57. The lowest BCUT2D eigenvalue weighted by atomic mass is 9.92. The fraction of sp³-hybridized carbons (Fsp3) is 1.00. The van der Waals surface area contributed by atoms with Crippen LogP contribution in [0.25, 0.3) is 0 Å². The molecule has 1 heteroatoms. The van der Waals surface area contributed by atoms with Crippen LogP contribution in [-0.2, 0) is 0 Å². The van der Waals surface area contributed by atoms with E-state index in [1.165, 1.54) is 38.5 Å². The van der Waals surface area contributed by atoms with Gasteiger partial charge in [0.1, 0.15) is 0 Å². The van der Waals surface area contributed by atoms with Gasteiger partial charge in [0, 0.05) is 11.6 Å². The summed E-state index contributed by atoms with van der Waals surface area (Å²) in [6, 6.07) is 0.800. The van der Waals surface area contributed by atoms with E-state index in [0.29, 0.717) is 5.54 Å². The lowest BCUT2D eigenvalue weighted by Gasteiger charge is -2.33. The summed E-state index contributed by atoms with van der Waals surface area (Å²) in [7, 11) is 0. The summed E-state index contributed by atoms with van der Waals surface area (Å²) < 4.78 is 0. The van der Waals surface area contributed by atoms with Crippen molar-refractivity contribution in [1.29, 1.82) is 0 Å². The highest BCUT2D eigenvalue weighted by molar-refractivity contribution is 4.82. The molecule has 72 valence electrons. The second-order valence-electron chi connectivity index (χ2n) is 4.72. The maximum Gasteiger partial charge on any atom is 0.0125 e. The van der Waals surface area contributed by atoms with Gasteiger partial charge in [0.25, 0.3) is 0 Å². The van der Waals surface area contributed by atoms with Crippen molar-refractivity contribution in [2.45, 2.75) is 70.9 Å². The third kappa shape index (κ3) is 3.14. The Hall–Kier alpha value is -0.0400. The molecule has 0 aliphatic heterocycles. The maximum atomic E-state index is 3.74. The monoisotopic (exact) mass is 169 g/mol. The number of rotatable bonds is 3. The molecule has 1 fully saturated rings. The van der Waals surface area contributed by atoms with Crippen LogP contribution in [-0.4, -0.2) is 11.6 Å². The van der Waals surface area contributed by atoms with E-state index in [1.807, 2.05) is 0 Å². The lowest BCUT2D eigenvalue weighted by molar-refractivity contribution is 0.274. The van der Waals surface area contributed by atoms with E-state index in [2.05, 4.69) is 26.1 Å². The fourth-order valence-electron chi connectivity index (χ4n) is 1.90. The first-order chi connectivity index (χ1) is 5.64. The van der Waals surface area contributed by atoms with Gasteiger partial charge in [0.15, 0.2) is 0 Å². The van der Waals surface area contributed by atoms with Crippen molar-refractivity contribution in [3.8, 4) is 0 Å². The maximum absolute atomic E-state index is 3.74. The highest BCUT2D eigenvalue weighted by Crippen LogP contribution is 2.20. The third-order valence-electron chi connectivity index (χ3n) is 3.08. The van der Waals surface area contributed by atoms with Crippen LogP contribution in [0.4, 0.5) is 0 Å². The SMILES string of the molecule is CCC(C)(C)NC1CCCCC1. The highest BCUT2D eigenvalue weighted by Gasteiger charge is 2.21. The Morgan fingerprint density at radius 2 is 1.75 bits per heavy atom. The molecule has 0 heterocycles. The zero-order valence-electron chi connectivity index (χ0n) is 8.82. The number of hydrogen-bond donors (Lipinski definition) is 1. The average molecular weight is 169 g/mol. The van der Waals surface area contributed by atoms with Gasteiger partial charge < -0.3 is 5.32 Å². The summed E-state index contributed by atoms with van der Waals surface area (Å²) in [5.41, 5.74) is 0.349. The summed E-state index contributed by atoms with van der Waals surface area (Å²) in [6.07, 6.45) is 8.32. The Morgan fingerprint density at radius 3 is 2.25 bits per heavy atom. The molecule has 1 aliphatic rings. The third-order valence-corrected chi connectivity index (χ3v) is 3.08. The van der Waals surface area contributed by atoms with Crippen LogP contribution < -0.4 is 5.32 Å². The molecule has 0 bridgehead atoms. The molecule has 1 N–H and O–H groups in total. The van der Waals surface area contributed by atoms with E-state index in [0.717, 1.165) is 6.04 Å². The highest BCUT2D eigenvalue weighted by atomic mass is 15.0. The van der Waals surface area contributed by atoms with E-state index in [1.54, 1.807) is 0 Å². The Morgan fingerprint density at radius 1 is 1.17 bits per heavy atom. The van der Waals surface area contributed by atoms with Gasteiger partial charge in [0.05, 0.1) is 0 Å². The van der Waals surface area contributed by atoms with Gasteiger partial charge >= 0.3 is 0 Å². The first kappa shape index (κ1) is 10.0. The molecule has 0 radical (unpaired) electrons. The molecule has 0 atom stereocenters. The molecule has 0 saturated heterocycles. The van der Waals surface area contributed by atoms with Gasteiger partial charge in [-0.3, -0.25) is 0 Å². The smallest absolute Gasteiger partial charge is 0.0125 e. The molecule has 1 rings (SSSR count). The predicted octanol–water partition coefficient (Wildman–Crippen LogP) is 3.10. The Balaban J connectivity index is 2.28. The van der Waals surface area contributed by atoms with Gasteiger partial charge in [-0.15, -0.1) is 0 Å². The molecule has 0 aromatic heterocycles. The molecule has 1 aliphatic carbocycles. The largest absolute Gasteiger partial charge is 0.309 e. The van der Waals surface area contributed by atoms with Crippen LogP contribution in [0.5, 0.6) is 0 Å². The van der Waals surface area contributed by atoms with Crippen molar-refractivity contribution in [2.24, 2.45) is 0 Å². The predicted molar refractivity (Wildman–Crippen MR) is 54.4 cm³/mol. The molecule has 12 heavy (non-hydrogen) atoms. The van der Waals surface area contributed by atoms with E-state index < -0.39 is 0 Å². The standard InChI is InChI=1S/C11H23N/c1-4-11(2,3)12-10-8-6-5-7-9-10/h10,12H,4-9H2,1-3H3. The van der Waals surface area contributed by atoms with Crippen LogP contribution >= 0.6 is 0 Å². The molecule has 0 spiro atoms. The van der Waals surface area contributed by atoms with Crippen molar-refractivity contribution >= 4 is 0 Å². The van der Waals surface area contributed by atoms with Crippen molar-refractivity contribution in [2.75, 3.05) is 0 Å². The molecule has 0 unspecified atom stereocenters. The summed E-state index contributed by atoms with van der Waals surface area (Å²) in [6.45, 7) is 6.87. The van der Waals surface area contributed by atoms with Gasteiger partial charge in [-0.1, -0.05) is 26.2 Å². The van der Waals surface area contributed by atoms with E-state index in [9.17, 15) is 0 Å². The quantitative estimate of drug-likeness (QED) is 0.684. The van der Waals surface area contributed by atoms with Crippen molar-refractivity contribution < 1.29 is 0 Å². The van der Waals surface area contributed by atoms with Crippen LogP contribution in [0.15, 0.2) is 0 Å². The zero-order chi connectivity index (χ0) is 9.03. The van der Waals surface area contributed by atoms with Gasteiger partial charge in [0.2, 0.25) is 0 Å². The molecule has 0 aromatic rings. The van der Waals surface area contributed by atoms with Gasteiger partial charge in [-0.25, -0.2) is 0 Å². The topological polar surface area (TPSA) is 12.0 Å². The van der Waals surface area contributed by atoms with Gasteiger partial charge in [-0.2, -0.15) is 0 Å². The first-order valence-electron chi connectivity index (χ1n) is 5.42. The fourth-order valence-corrected chi connectivity index (χ4v) is 1.90. The molecule has 1 saturated carbocycles. The van der Waals surface area contributed by atoms with Crippen LogP contribution in [0.2, 0.25) is 0 Å². The van der Waals surface area contributed by atoms with Crippen LogP contribution in [0.3, 0.4) is 0 Å². The minimum atomic E-state index is 0.349. The van der Waals surface area contributed by atoms with E-state index in [-0.39, 0.29) is 0 Å². The minimum absolute atomic E-state index is 0.349. The van der Waals surface area contributed by atoms with Gasteiger partial charge in [-0.05, 0) is 33.1 Å². The lowest BCUT2D eigenvalue weighted by Crippen LogP contribution is -2.46. The molecule has 0 amide bonds. The second-order valence-corrected chi connectivity index (χ2v) is 4.72. The molecule has 1 nitrogen and oxygen atoms in total. The molecule has 0 aromatic carbocycles. The number of nitrogens with one attached hydrogen (secondary N) is 1. The van der Waals surface area contributed by atoms with Crippen LogP contribution in [0, 0.1) is 0 Å². The second kappa shape index (κ2) is 4.27. The first-order valence-corrected chi connectivity index (χ1v) is 5.42. The summed E-state index contributed by atoms with van der Waals surface area (Å²) >= 11 is 0. The average Bonchev–Trinajstić information content (AvgIpc) is 2.06. The molecular weight excluding hydrogens is 146 g/mol. The Bertz CT molecular complexity index is 123. The number of hydrogen-bond acceptors (Lipinski definition) is 1. The van der Waals surface area contributed by atoms with E-state index in [4.69, 9.17) is 0 Å². The Labute approximate surface area is 76.9 Å². The summed E-state index contributed by atoms with van der Waals surface area (Å²) in [4.78, 5) is 0. The molecular formula is C11H23N. The van der Waals surface area contributed by atoms with Crippen molar-refractivity contribution in [3.63, 3.8) is 0 Å². The van der Waals surface area contributed by atoms with E-state index >= 15 is 0 Å². The van der Waals surface area contributed by atoms with Crippen LogP contribution in [0.1, 0.15) is 59.3 Å². The summed E-state index contributed by atoms with van der Waals surface area (Å²) in [5, 5.41) is 3.74. The normalized spacial score (nSPS) is 21.2. The van der Waals surface area contributed by atoms with Crippen molar-refractivity contribution in [3.05, 3.63) is 0 Å².